The maximum atomic E-state index is 15.0. The number of benzene rings is 1. The van der Waals surface area contributed by atoms with Crippen molar-refractivity contribution in [3.8, 4) is 11.5 Å². The summed E-state index contributed by atoms with van der Waals surface area (Å²) < 4.78 is 32.2. The third kappa shape index (κ3) is 8.80. The number of aliphatic hydroxyl groups is 1. The van der Waals surface area contributed by atoms with Crippen molar-refractivity contribution in [3.05, 3.63) is 23.5 Å². The van der Waals surface area contributed by atoms with Crippen LogP contribution in [-0.4, -0.2) is 54.6 Å². The standard InChI is InChI=1S/C32H51FN2O6/c1-9-31(5,6)19-34-27(36)21-11-10-12-24(21)35-28(37)22-17-26(23(33)18-25(22)39-8)40-20-13-15-32(7,16-14-20)29(38)41-30(2,3)4/h17-18,20-21,24,29,38H,9-16,19H2,1-8H3,(H,34,36)(H,35,37)/t20-,21-,24+,29?,32+/m0/s1. The summed E-state index contributed by atoms with van der Waals surface area (Å²) in [5.74, 6) is -1.31. The highest BCUT2D eigenvalue weighted by atomic mass is 19.1. The predicted octanol–water partition coefficient (Wildman–Crippen LogP) is 5.75. The van der Waals surface area contributed by atoms with Gasteiger partial charge in [-0.1, -0.05) is 34.1 Å². The molecular formula is C32H51FN2O6. The number of carbonyl (C=O) groups excluding carboxylic acids is 2. The van der Waals surface area contributed by atoms with E-state index >= 15 is 4.39 Å². The van der Waals surface area contributed by atoms with Crippen LogP contribution in [0.25, 0.3) is 0 Å². The van der Waals surface area contributed by atoms with Gasteiger partial charge >= 0.3 is 0 Å². The fourth-order valence-corrected chi connectivity index (χ4v) is 5.52. The molecule has 2 aliphatic carbocycles. The Hall–Kier alpha value is -2.39. The van der Waals surface area contributed by atoms with Crippen LogP contribution in [0.4, 0.5) is 4.39 Å². The number of amides is 2. The lowest BCUT2D eigenvalue weighted by molar-refractivity contribution is -0.229. The zero-order valence-electron chi connectivity index (χ0n) is 26.2. The van der Waals surface area contributed by atoms with E-state index in [4.69, 9.17) is 14.2 Å². The Morgan fingerprint density at radius 1 is 1.10 bits per heavy atom. The van der Waals surface area contributed by atoms with Gasteiger partial charge in [0.1, 0.15) is 5.75 Å². The molecule has 8 nitrogen and oxygen atoms in total. The van der Waals surface area contributed by atoms with Gasteiger partial charge in [0.05, 0.1) is 30.3 Å². The van der Waals surface area contributed by atoms with Gasteiger partial charge in [-0.15, -0.1) is 0 Å². The lowest BCUT2D eigenvalue weighted by Crippen LogP contribution is -2.45. The minimum atomic E-state index is -0.906. The fraction of sp³-hybridized carbons (Fsp3) is 0.750. The summed E-state index contributed by atoms with van der Waals surface area (Å²) in [6.07, 6.45) is 4.54. The Bertz CT molecular complexity index is 1060. The molecule has 3 N–H and O–H groups in total. The predicted molar refractivity (Wildman–Crippen MR) is 156 cm³/mol. The molecule has 232 valence electrons. The molecular weight excluding hydrogens is 527 g/mol. The Balaban J connectivity index is 1.67. The second-order valence-electron chi connectivity index (χ2n) is 13.9. The first-order valence-electron chi connectivity index (χ1n) is 15.1. The summed E-state index contributed by atoms with van der Waals surface area (Å²) in [7, 11) is 1.39. The fourth-order valence-electron chi connectivity index (χ4n) is 5.52. The van der Waals surface area contributed by atoms with Crippen molar-refractivity contribution in [2.24, 2.45) is 16.7 Å². The van der Waals surface area contributed by atoms with Gasteiger partial charge < -0.3 is 30.0 Å². The van der Waals surface area contributed by atoms with Gasteiger partial charge in [0.15, 0.2) is 17.9 Å². The average Bonchev–Trinajstić information content (AvgIpc) is 3.36. The maximum absolute atomic E-state index is 15.0. The monoisotopic (exact) mass is 578 g/mol. The number of carbonyl (C=O) groups is 2. The molecule has 2 amide bonds. The van der Waals surface area contributed by atoms with Crippen LogP contribution in [-0.2, 0) is 9.53 Å². The molecule has 9 heteroatoms. The van der Waals surface area contributed by atoms with E-state index in [9.17, 15) is 14.7 Å². The summed E-state index contributed by atoms with van der Waals surface area (Å²) in [6, 6.07) is 2.25. The van der Waals surface area contributed by atoms with Crippen molar-refractivity contribution in [3.63, 3.8) is 0 Å². The normalized spacial score (nSPS) is 25.9. The Labute approximate surface area is 245 Å². The first kappa shape index (κ1) is 33.1. The minimum Gasteiger partial charge on any atom is -0.496 e. The van der Waals surface area contributed by atoms with Crippen molar-refractivity contribution in [2.75, 3.05) is 13.7 Å². The zero-order chi connectivity index (χ0) is 30.6. The SMILES string of the molecule is CCC(C)(C)CNC(=O)[C@H]1CCC[C@H]1NC(=O)c1cc(O[C@H]2CC[C@@](C)(C(O)OC(C)(C)C)CC2)c(F)cc1OC. The molecule has 1 aromatic carbocycles. The lowest BCUT2D eigenvalue weighted by atomic mass is 9.74. The van der Waals surface area contributed by atoms with Crippen molar-refractivity contribution < 1.29 is 33.3 Å². The van der Waals surface area contributed by atoms with Gasteiger partial charge in [0.2, 0.25) is 5.91 Å². The number of nitrogens with one attached hydrogen (secondary N) is 2. The Morgan fingerprint density at radius 3 is 2.34 bits per heavy atom. The number of rotatable bonds is 11. The molecule has 0 aliphatic heterocycles. The molecule has 1 unspecified atom stereocenters. The van der Waals surface area contributed by atoms with E-state index in [1.165, 1.54) is 19.2 Å². The van der Waals surface area contributed by atoms with E-state index in [-0.39, 0.29) is 46.4 Å². The van der Waals surface area contributed by atoms with Crippen LogP contribution in [0.15, 0.2) is 12.1 Å². The summed E-state index contributed by atoms with van der Waals surface area (Å²) >= 11 is 0. The van der Waals surface area contributed by atoms with Crippen LogP contribution in [0, 0.1) is 22.6 Å². The highest BCUT2D eigenvalue weighted by Crippen LogP contribution is 2.42. The highest BCUT2D eigenvalue weighted by molar-refractivity contribution is 5.98. The van der Waals surface area contributed by atoms with Crippen LogP contribution in [0.2, 0.25) is 0 Å². The Kier molecular flexibility index (Phi) is 10.7. The van der Waals surface area contributed by atoms with Crippen molar-refractivity contribution in [2.45, 2.75) is 124 Å². The second kappa shape index (κ2) is 13.3. The van der Waals surface area contributed by atoms with Gasteiger partial charge in [-0.05, 0) is 77.2 Å². The summed E-state index contributed by atoms with van der Waals surface area (Å²) in [5, 5.41) is 16.7. The van der Waals surface area contributed by atoms with Crippen LogP contribution >= 0.6 is 0 Å². The molecule has 0 heterocycles. The summed E-state index contributed by atoms with van der Waals surface area (Å²) in [5.41, 5.74) is -0.723. The first-order chi connectivity index (χ1) is 19.1. The van der Waals surface area contributed by atoms with Crippen LogP contribution in [0.1, 0.15) is 110 Å². The molecule has 3 atom stereocenters. The molecule has 0 radical (unpaired) electrons. The number of ether oxygens (including phenoxy) is 3. The topological polar surface area (TPSA) is 106 Å². The molecule has 2 fully saturated rings. The Morgan fingerprint density at radius 2 is 1.76 bits per heavy atom. The number of hydrogen-bond acceptors (Lipinski definition) is 6. The first-order valence-corrected chi connectivity index (χ1v) is 15.1. The molecule has 0 spiro atoms. The van der Waals surface area contributed by atoms with Gasteiger partial charge in [-0.3, -0.25) is 9.59 Å². The van der Waals surface area contributed by atoms with E-state index < -0.39 is 29.0 Å². The van der Waals surface area contributed by atoms with Crippen LogP contribution in [0.5, 0.6) is 11.5 Å². The van der Waals surface area contributed by atoms with Gasteiger partial charge in [-0.25, -0.2) is 4.39 Å². The average molecular weight is 579 g/mol. The number of hydrogen-bond donors (Lipinski definition) is 3. The summed E-state index contributed by atoms with van der Waals surface area (Å²) in [4.78, 5) is 26.4. The van der Waals surface area contributed by atoms with Crippen molar-refractivity contribution in [1.82, 2.24) is 10.6 Å². The van der Waals surface area contributed by atoms with Crippen LogP contribution in [0.3, 0.4) is 0 Å². The van der Waals surface area contributed by atoms with E-state index in [1.54, 1.807) is 0 Å². The third-order valence-electron chi connectivity index (χ3n) is 8.80. The highest BCUT2D eigenvalue weighted by Gasteiger charge is 2.41. The molecule has 1 aromatic rings. The summed E-state index contributed by atoms with van der Waals surface area (Å²) in [6.45, 7) is 14.6. The molecule has 2 aliphatic rings. The van der Waals surface area contributed by atoms with E-state index in [1.807, 2.05) is 27.7 Å². The van der Waals surface area contributed by atoms with Gasteiger partial charge in [0, 0.05) is 24.1 Å². The number of aliphatic hydroxyl groups excluding tert-OH is 1. The molecule has 0 saturated heterocycles. The maximum Gasteiger partial charge on any atom is 0.255 e. The molecule has 0 bridgehead atoms. The zero-order valence-corrected chi connectivity index (χ0v) is 26.2. The lowest BCUT2D eigenvalue weighted by Gasteiger charge is -2.42. The number of methoxy groups -OCH3 is 1. The largest absolute Gasteiger partial charge is 0.496 e. The van der Waals surface area contributed by atoms with Crippen molar-refractivity contribution >= 4 is 11.8 Å². The van der Waals surface area contributed by atoms with Gasteiger partial charge in [-0.2, -0.15) is 0 Å². The van der Waals surface area contributed by atoms with Gasteiger partial charge in [0.25, 0.3) is 5.91 Å². The van der Waals surface area contributed by atoms with E-state index in [2.05, 4.69) is 31.4 Å². The number of halogens is 1. The molecule has 2 saturated carbocycles. The van der Waals surface area contributed by atoms with E-state index in [0.717, 1.165) is 12.8 Å². The molecule has 0 aromatic heterocycles. The molecule has 41 heavy (non-hydrogen) atoms. The second-order valence-corrected chi connectivity index (χ2v) is 13.9. The van der Waals surface area contributed by atoms with E-state index in [0.29, 0.717) is 45.1 Å². The third-order valence-corrected chi connectivity index (χ3v) is 8.80. The van der Waals surface area contributed by atoms with Crippen molar-refractivity contribution in [1.29, 1.82) is 0 Å². The minimum absolute atomic E-state index is 0.00184. The quantitative estimate of drug-likeness (QED) is 0.289. The smallest absolute Gasteiger partial charge is 0.255 e. The molecule has 3 rings (SSSR count). The van der Waals surface area contributed by atoms with Crippen LogP contribution < -0.4 is 20.1 Å².